The standard InChI is InChI=1S/C38H41N4.C27H34ClN3.C17H19BNO2.2Ir/c1-3-5-7-10-14-29-18-22-32(23-19-29)36-40-37(33-24-20-30(21-25-33)15-11-8-6-4-2)42-38(41-36)34-26-27-35(39-28-34)31-16-12-9-13-17-31;1-3-5-7-9-11-21-13-17-23(18-14-21)25-29-26(31-27(28)30-25)24-19-15-22(16-20-24)12-10-8-6-4-2;1-16(2)17(3,4)21-18(20-16)14-10-11-15(19-12-14)13-8-6-5-7-9-13;;/h9,12-13,16,18-28H,3-8,10-11,14-15H2,1-2H3;13-20H,3-12H2,1-2H3;5-8,10-12H,1-4H3;;/q-1;;-1;;. The topological polar surface area (TPSA) is 122 Å². The minimum atomic E-state index is -0.365. The van der Waals surface area contributed by atoms with Crippen molar-refractivity contribution in [1.29, 1.82) is 0 Å². The van der Waals surface area contributed by atoms with E-state index in [1.807, 2.05) is 113 Å². The van der Waals surface area contributed by atoms with Crippen LogP contribution < -0.4 is 5.46 Å². The van der Waals surface area contributed by atoms with E-state index in [0.29, 0.717) is 29.1 Å². The van der Waals surface area contributed by atoms with Crippen LogP contribution in [0.1, 0.15) is 180 Å². The van der Waals surface area contributed by atoms with Gasteiger partial charge >= 0.3 is 7.12 Å². The molecule has 0 atom stereocenters. The molecular formula is C82H94BClIr2N8O2-2. The van der Waals surface area contributed by atoms with E-state index in [4.69, 9.17) is 45.8 Å². The van der Waals surface area contributed by atoms with Gasteiger partial charge in [-0.05, 0) is 130 Å². The number of rotatable bonds is 28. The normalized spacial score (nSPS) is 12.7. The van der Waals surface area contributed by atoms with Crippen LogP contribution in [0, 0.1) is 12.1 Å². The molecule has 1 saturated heterocycles. The summed E-state index contributed by atoms with van der Waals surface area (Å²) in [7, 11) is -0.365. The first-order valence-corrected chi connectivity index (χ1v) is 35.0. The van der Waals surface area contributed by atoms with Crippen LogP contribution in [0.25, 0.3) is 79.5 Å². The number of aryl methyl sites for hydroxylation is 4. The molecule has 0 bridgehead atoms. The Morgan fingerprint density at radius 2 is 0.667 bits per heavy atom. The van der Waals surface area contributed by atoms with Gasteiger partial charge in [0.05, 0.1) is 11.2 Å². The molecule has 6 aromatic carbocycles. The van der Waals surface area contributed by atoms with E-state index in [2.05, 4.69) is 152 Å². The SMILES string of the molecule is CC1(C)OB(c2ccc(-c3[c-]cccc3)nc2)OC1(C)C.CCCCCCc1ccc(-c2nc(-c3ccc(CCCCCC)cc3)nc(-c3ccc(-c4[c-]cccc4)nc3)n2)cc1.CCCCCCc1ccc(-c2nc(Cl)nc(-c3ccc(CCCCCC)cc3)n2)cc1.[Ir].[Ir]. The largest absolute Gasteiger partial charge is 0.496 e. The molecule has 10 aromatic rings. The molecule has 2 radical (unpaired) electrons. The van der Waals surface area contributed by atoms with Crippen molar-refractivity contribution in [2.45, 2.75) is 195 Å². The van der Waals surface area contributed by atoms with Gasteiger partial charge in [0.2, 0.25) is 5.28 Å². The van der Waals surface area contributed by atoms with E-state index < -0.39 is 0 Å². The third kappa shape index (κ3) is 22.9. The van der Waals surface area contributed by atoms with Crippen molar-refractivity contribution in [2.24, 2.45) is 0 Å². The number of unbranched alkanes of at least 4 members (excludes halogenated alkanes) is 12. The van der Waals surface area contributed by atoms with Crippen LogP contribution in [-0.4, -0.2) is 58.2 Å². The molecular weight excluding hydrogens is 1560 g/mol. The summed E-state index contributed by atoms with van der Waals surface area (Å²) in [5.41, 5.74) is 14.2. The van der Waals surface area contributed by atoms with E-state index in [1.165, 1.54) is 125 Å². The van der Waals surface area contributed by atoms with Gasteiger partial charge in [-0.3, -0.25) is 0 Å². The monoisotopic (exact) mass is 1650 g/mol. The molecule has 1 fully saturated rings. The molecule has 0 N–H and O–H groups in total. The van der Waals surface area contributed by atoms with E-state index in [1.54, 1.807) is 0 Å². The molecule has 5 heterocycles. The second-order valence-corrected chi connectivity index (χ2v) is 26.0. The Morgan fingerprint density at radius 1 is 0.354 bits per heavy atom. The molecule has 96 heavy (non-hydrogen) atoms. The van der Waals surface area contributed by atoms with Gasteiger partial charge in [-0.25, -0.2) is 19.9 Å². The summed E-state index contributed by atoms with van der Waals surface area (Å²) in [5.74, 6) is 3.22. The number of aromatic nitrogens is 8. The molecule has 0 saturated carbocycles. The molecule has 4 aromatic heterocycles. The summed E-state index contributed by atoms with van der Waals surface area (Å²) in [6, 6.07) is 64.6. The van der Waals surface area contributed by atoms with Gasteiger partial charge in [-0.15, -0.1) is 71.8 Å². The van der Waals surface area contributed by atoms with Crippen LogP contribution in [0.4, 0.5) is 0 Å². The molecule has 0 aliphatic carbocycles. The quantitative estimate of drug-likeness (QED) is 0.0266. The average molecular weight is 1650 g/mol. The predicted molar refractivity (Wildman–Crippen MR) is 390 cm³/mol. The predicted octanol–water partition coefficient (Wildman–Crippen LogP) is 20.9. The molecule has 11 rings (SSSR count). The zero-order valence-electron chi connectivity index (χ0n) is 57.5. The Morgan fingerprint density at radius 3 is 0.958 bits per heavy atom. The molecule has 0 spiro atoms. The molecule has 1 aliphatic heterocycles. The first-order valence-electron chi connectivity index (χ1n) is 34.6. The van der Waals surface area contributed by atoms with Gasteiger partial charge in [0.1, 0.15) is 0 Å². The fourth-order valence-corrected chi connectivity index (χ4v) is 11.3. The first kappa shape index (κ1) is 76.6. The van der Waals surface area contributed by atoms with Crippen molar-refractivity contribution in [3.8, 4) is 79.5 Å². The van der Waals surface area contributed by atoms with E-state index >= 15 is 0 Å². The summed E-state index contributed by atoms with van der Waals surface area (Å²) in [6.45, 7) is 17.2. The second kappa shape index (κ2) is 39.6. The van der Waals surface area contributed by atoms with E-state index in [9.17, 15) is 0 Å². The summed E-state index contributed by atoms with van der Waals surface area (Å²) in [6.07, 6.45) is 28.5. The van der Waals surface area contributed by atoms with Crippen molar-refractivity contribution in [3.05, 3.63) is 222 Å². The summed E-state index contributed by atoms with van der Waals surface area (Å²) in [4.78, 5) is 37.4. The Bertz CT molecular complexity index is 3690. The molecule has 1 aliphatic rings. The van der Waals surface area contributed by atoms with E-state index in [-0.39, 0.29) is 63.8 Å². The number of halogens is 1. The van der Waals surface area contributed by atoms with Crippen LogP contribution in [0.3, 0.4) is 0 Å². The number of hydrogen-bond donors (Lipinski definition) is 0. The number of benzene rings is 6. The summed E-state index contributed by atoms with van der Waals surface area (Å²) < 4.78 is 12.1. The third-order valence-corrected chi connectivity index (χ3v) is 17.8. The van der Waals surface area contributed by atoms with Gasteiger partial charge in [-0.1, -0.05) is 226 Å². The van der Waals surface area contributed by atoms with Crippen molar-refractivity contribution in [3.63, 3.8) is 0 Å². The maximum atomic E-state index is 6.25. The van der Waals surface area contributed by atoms with Gasteiger partial charge in [-0.2, -0.15) is 9.97 Å². The zero-order valence-corrected chi connectivity index (χ0v) is 63.0. The van der Waals surface area contributed by atoms with Gasteiger partial charge < -0.3 is 19.3 Å². The Labute approximate surface area is 605 Å². The molecule has 0 amide bonds. The van der Waals surface area contributed by atoms with E-state index in [0.717, 1.165) is 81.5 Å². The molecule has 10 nitrogen and oxygen atoms in total. The fourth-order valence-electron chi connectivity index (χ4n) is 11.2. The third-order valence-electron chi connectivity index (χ3n) is 17.7. The van der Waals surface area contributed by atoms with Gasteiger partial charge in [0.25, 0.3) is 0 Å². The van der Waals surface area contributed by atoms with Crippen molar-refractivity contribution < 1.29 is 49.5 Å². The van der Waals surface area contributed by atoms with Crippen molar-refractivity contribution in [1.82, 2.24) is 39.9 Å². The maximum absolute atomic E-state index is 6.25. The zero-order chi connectivity index (χ0) is 66.0. The molecule has 0 unspecified atom stereocenters. The number of nitrogens with zero attached hydrogens (tertiary/aromatic N) is 8. The summed E-state index contributed by atoms with van der Waals surface area (Å²) in [5, 5.41) is 0.229. The average Bonchev–Trinajstić information content (AvgIpc) is 1.58. The molecule has 14 heteroatoms. The number of hydrogen-bond acceptors (Lipinski definition) is 10. The van der Waals surface area contributed by atoms with Crippen molar-refractivity contribution >= 4 is 24.2 Å². The first-order chi connectivity index (χ1) is 45.8. The van der Waals surface area contributed by atoms with Crippen LogP contribution in [0.15, 0.2) is 182 Å². The minimum Gasteiger partial charge on any atom is -0.399 e. The van der Waals surface area contributed by atoms with Crippen LogP contribution in [0.5, 0.6) is 0 Å². The van der Waals surface area contributed by atoms with Crippen LogP contribution in [0.2, 0.25) is 5.28 Å². The fraction of sp³-hybridized carbons (Fsp3) is 0.366. The Hall–Kier alpha value is -6.79. The van der Waals surface area contributed by atoms with Crippen molar-refractivity contribution in [2.75, 3.05) is 0 Å². The summed E-state index contributed by atoms with van der Waals surface area (Å²) >= 11 is 6.25. The maximum Gasteiger partial charge on any atom is 0.496 e. The van der Waals surface area contributed by atoms with Crippen LogP contribution in [-0.2, 0) is 75.2 Å². The Kier molecular flexibility index (Phi) is 31.6. The number of pyridine rings is 2. The van der Waals surface area contributed by atoms with Crippen LogP contribution >= 0.6 is 11.6 Å². The van der Waals surface area contributed by atoms with Gasteiger partial charge in [0, 0.05) is 80.4 Å². The second-order valence-electron chi connectivity index (χ2n) is 25.6. The smallest absolute Gasteiger partial charge is 0.399 e. The Balaban J connectivity index is 0.000000212. The molecule has 504 valence electrons. The van der Waals surface area contributed by atoms with Gasteiger partial charge in [0.15, 0.2) is 29.1 Å². The minimum absolute atomic E-state index is 0.